The van der Waals surface area contributed by atoms with Gasteiger partial charge in [0.15, 0.2) is 0 Å². The van der Waals surface area contributed by atoms with Gasteiger partial charge in [-0.05, 0) is 32.3 Å². The second-order valence-electron chi connectivity index (χ2n) is 5.24. The standard InChI is InChI=1S/C15H22ClNO/c1-15(2,12-16)17(3)14(18)11-7-10-13-8-5-4-6-9-13/h4-6,8-9H,7,10-12H2,1-3H3. The fourth-order valence-corrected chi connectivity index (χ4v) is 1.86. The topological polar surface area (TPSA) is 20.3 Å². The highest BCUT2D eigenvalue weighted by Crippen LogP contribution is 2.16. The van der Waals surface area contributed by atoms with Crippen LogP contribution in [0.15, 0.2) is 30.3 Å². The van der Waals surface area contributed by atoms with Gasteiger partial charge < -0.3 is 4.90 Å². The van der Waals surface area contributed by atoms with Crippen molar-refractivity contribution in [3.05, 3.63) is 35.9 Å². The summed E-state index contributed by atoms with van der Waals surface area (Å²) < 4.78 is 0. The third-order valence-corrected chi connectivity index (χ3v) is 3.96. The summed E-state index contributed by atoms with van der Waals surface area (Å²) in [6.07, 6.45) is 2.40. The molecule has 0 saturated carbocycles. The second kappa shape index (κ2) is 6.79. The Labute approximate surface area is 115 Å². The molecular weight excluding hydrogens is 246 g/mol. The average molecular weight is 268 g/mol. The second-order valence-corrected chi connectivity index (χ2v) is 5.51. The van der Waals surface area contributed by atoms with Gasteiger partial charge >= 0.3 is 0 Å². The molecule has 1 aromatic rings. The normalized spacial score (nSPS) is 11.3. The van der Waals surface area contributed by atoms with Gasteiger partial charge in [0, 0.05) is 19.3 Å². The number of hydrogen-bond acceptors (Lipinski definition) is 1. The Hall–Kier alpha value is -1.02. The molecule has 0 unspecified atom stereocenters. The SMILES string of the molecule is CN(C(=O)CCCc1ccccc1)C(C)(C)CCl. The maximum Gasteiger partial charge on any atom is 0.222 e. The van der Waals surface area contributed by atoms with E-state index in [1.807, 2.05) is 39.1 Å². The number of halogens is 1. The van der Waals surface area contributed by atoms with Crippen LogP contribution in [0.3, 0.4) is 0 Å². The molecular formula is C15H22ClNO. The Morgan fingerprint density at radius 1 is 1.28 bits per heavy atom. The van der Waals surface area contributed by atoms with Crippen molar-refractivity contribution in [3.8, 4) is 0 Å². The van der Waals surface area contributed by atoms with Crippen LogP contribution in [0.1, 0.15) is 32.3 Å². The maximum absolute atomic E-state index is 12.0. The van der Waals surface area contributed by atoms with Crippen molar-refractivity contribution in [1.29, 1.82) is 0 Å². The van der Waals surface area contributed by atoms with Gasteiger partial charge in [0.05, 0.1) is 5.54 Å². The molecule has 0 spiro atoms. The Morgan fingerprint density at radius 2 is 1.89 bits per heavy atom. The van der Waals surface area contributed by atoms with Crippen molar-refractivity contribution < 1.29 is 4.79 Å². The summed E-state index contributed by atoms with van der Waals surface area (Å²) in [6.45, 7) is 3.96. The van der Waals surface area contributed by atoms with Gasteiger partial charge in [-0.25, -0.2) is 0 Å². The average Bonchev–Trinajstić information content (AvgIpc) is 2.39. The first-order valence-electron chi connectivity index (χ1n) is 6.34. The molecule has 0 radical (unpaired) electrons. The van der Waals surface area contributed by atoms with Crippen LogP contribution in [-0.4, -0.2) is 29.3 Å². The molecule has 0 atom stereocenters. The van der Waals surface area contributed by atoms with E-state index in [9.17, 15) is 4.79 Å². The van der Waals surface area contributed by atoms with Crippen molar-refractivity contribution >= 4 is 17.5 Å². The third kappa shape index (κ3) is 4.34. The third-order valence-electron chi connectivity index (χ3n) is 3.31. The van der Waals surface area contributed by atoms with Crippen LogP contribution in [0.5, 0.6) is 0 Å². The molecule has 0 saturated heterocycles. The number of carbonyl (C=O) groups excluding carboxylic acids is 1. The molecule has 0 aromatic heterocycles. The van der Waals surface area contributed by atoms with E-state index < -0.39 is 0 Å². The van der Waals surface area contributed by atoms with E-state index in [0.717, 1.165) is 12.8 Å². The number of amides is 1. The maximum atomic E-state index is 12.0. The lowest BCUT2D eigenvalue weighted by Gasteiger charge is -2.34. The predicted molar refractivity (Wildman–Crippen MR) is 76.9 cm³/mol. The minimum absolute atomic E-state index is 0.164. The Morgan fingerprint density at radius 3 is 2.44 bits per heavy atom. The highest BCUT2D eigenvalue weighted by atomic mass is 35.5. The smallest absolute Gasteiger partial charge is 0.222 e. The molecule has 1 aromatic carbocycles. The van der Waals surface area contributed by atoms with E-state index in [0.29, 0.717) is 12.3 Å². The van der Waals surface area contributed by atoms with E-state index in [1.54, 1.807) is 4.90 Å². The molecule has 0 bridgehead atoms. The van der Waals surface area contributed by atoms with E-state index >= 15 is 0 Å². The van der Waals surface area contributed by atoms with Crippen molar-refractivity contribution in [3.63, 3.8) is 0 Å². The van der Waals surface area contributed by atoms with Crippen LogP contribution >= 0.6 is 11.6 Å². The van der Waals surface area contributed by atoms with Crippen molar-refractivity contribution in [2.24, 2.45) is 0 Å². The Balaban J connectivity index is 2.38. The van der Waals surface area contributed by atoms with Crippen molar-refractivity contribution in [2.75, 3.05) is 12.9 Å². The van der Waals surface area contributed by atoms with Crippen LogP contribution in [0.4, 0.5) is 0 Å². The van der Waals surface area contributed by atoms with Crippen LogP contribution in [0.25, 0.3) is 0 Å². The lowest BCUT2D eigenvalue weighted by molar-refractivity contribution is -0.134. The molecule has 0 heterocycles. The van der Waals surface area contributed by atoms with Crippen molar-refractivity contribution in [1.82, 2.24) is 4.90 Å². The molecule has 1 amide bonds. The van der Waals surface area contributed by atoms with Gasteiger partial charge in [-0.15, -0.1) is 11.6 Å². The van der Waals surface area contributed by atoms with E-state index in [1.165, 1.54) is 5.56 Å². The first kappa shape index (κ1) is 15.0. The van der Waals surface area contributed by atoms with Crippen LogP contribution < -0.4 is 0 Å². The summed E-state index contributed by atoms with van der Waals surface area (Å²) in [6, 6.07) is 10.2. The van der Waals surface area contributed by atoms with Crippen LogP contribution in [0, 0.1) is 0 Å². The lowest BCUT2D eigenvalue weighted by Crippen LogP contribution is -2.46. The molecule has 0 aliphatic carbocycles. The Kier molecular flexibility index (Phi) is 5.67. The minimum atomic E-state index is -0.272. The number of alkyl halides is 1. The van der Waals surface area contributed by atoms with Crippen LogP contribution in [-0.2, 0) is 11.2 Å². The van der Waals surface area contributed by atoms with Gasteiger partial charge in [0.2, 0.25) is 5.91 Å². The number of aryl methyl sites for hydroxylation is 1. The molecule has 2 nitrogen and oxygen atoms in total. The number of carbonyl (C=O) groups is 1. The zero-order valence-electron chi connectivity index (χ0n) is 11.4. The summed E-state index contributed by atoms with van der Waals surface area (Å²) in [4.78, 5) is 13.8. The van der Waals surface area contributed by atoms with E-state index in [2.05, 4.69) is 12.1 Å². The van der Waals surface area contributed by atoms with E-state index in [-0.39, 0.29) is 11.4 Å². The largest absolute Gasteiger partial charge is 0.339 e. The highest BCUT2D eigenvalue weighted by Gasteiger charge is 2.25. The summed E-state index contributed by atoms with van der Waals surface area (Å²) in [7, 11) is 1.83. The van der Waals surface area contributed by atoms with Gasteiger partial charge in [-0.3, -0.25) is 4.79 Å². The summed E-state index contributed by atoms with van der Waals surface area (Å²) in [5.41, 5.74) is 1.01. The highest BCUT2D eigenvalue weighted by molar-refractivity contribution is 6.18. The molecule has 0 aliphatic heterocycles. The number of benzene rings is 1. The summed E-state index contributed by atoms with van der Waals surface area (Å²) >= 11 is 5.87. The molecule has 0 aliphatic rings. The monoisotopic (exact) mass is 267 g/mol. The van der Waals surface area contributed by atoms with Gasteiger partial charge in [0.25, 0.3) is 0 Å². The molecule has 1 rings (SSSR count). The lowest BCUT2D eigenvalue weighted by atomic mass is 10.0. The van der Waals surface area contributed by atoms with Crippen molar-refractivity contribution in [2.45, 2.75) is 38.6 Å². The van der Waals surface area contributed by atoms with Gasteiger partial charge in [-0.1, -0.05) is 30.3 Å². The fourth-order valence-electron chi connectivity index (χ4n) is 1.68. The minimum Gasteiger partial charge on any atom is -0.339 e. The molecule has 0 N–H and O–H groups in total. The van der Waals surface area contributed by atoms with Crippen LogP contribution in [0.2, 0.25) is 0 Å². The summed E-state index contributed by atoms with van der Waals surface area (Å²) in [5.74, 6) is 0.616. The van der Waals surface area contributed by atoms with E-state index in [4.69, 9.17) is 11.6 Å². The zero-order chi connectivity index (χ0) is 13.6. The quantitative estimate of drug-likeness (QED) is 0.723. The predicted octanol–water partition coefficient (Wildman–Crippen LogP) is 3.49. The fraction of sp³-hybridized carbons (Fsp3) is 0.533. The Bertz CT molecular complexity index is 375. The summed E-state index contributed by atoms with van der Waals surface area (Å²) in [5, 5.41) is 0. The first-order valence-corrected chi connectivity index (χ1v) is 6.87. The molecule has 18 heavy (non-hydrogen) atoms. The molecule has 100 valence electrons. The number of hydrogen-bond donors (Lipinski definition) is 0. The van der Waals surface area contributed by atoms with Gasteiger partial charge in [-0.2, -0.15) is 0 Å². The first-order chi connectivity index (χ1) is 8.47. The number of nitrogens with zero attached hydrogens (tertiary/aromatic N) is 1. The zero-order valence-corrected chi connectivity index (χ0v) is 12.2. The number of rotatable bonds is 6. The van der Waals surface area contributed by atoms with Gasteiger partial charge in [0.1, 0.15) is 0 Å². The molecule has 0 fully saturated rings. The molecule has 3 heteroatoms.